The van der Waals surface area contributed by atoms with Gasteiger partial charge in [-0.05, 0) is 121 Å². The Bertz CT molecular complexity index is 3260. The van der Waals surface area contributed by atoms with Gasteiger partial charge in [-0.2, -0.15) is 0 Å². The smallest absolute Gasteiger partial charge is 0.0547 e. The van der Waals surface area contributed by atoms with Crippen LogP contribution in [-0.4, -0.2) is 4.57 Å². The first kappa shape index (κ1) is 32.0. The molecule has 0 aliphatic carbocycles. The summed E-state index contributed by atoms with van der Waals surface area (Å²) in [6.07, 6.45) is 0. The number of anilines is 3. The van der Waals surface area contributed by atoms with Crippen LogP contribution in [0.1, 0.15) is 0 Å². The van der Waals surface area contributed by atoms with Gasteiger partial charge in [0, 0.05) is 33.5 Å². The van der Waals surface area contributed by atoms with Gasteiger partial charge in [-0.3, -0.25) is 0 Å². The molecule has 0 amide bonds. The zero-order valence-corrected chi connectivity index (χ0v) is 30.7. The molecule has 0 saturated carbocycles. The molecule has 0 aliphatic heterocycles. The van der Waals surface area contributed by atoms with Gasteiger partial charge in [0.05, 0.1) is 11.0 Å². The third-order valence-electron chi connectivity index (χ3n) is 11.3. The van der Waals surface area contributed by atoms with E-state index in [-0.39, 0.29) is 0 Å². The fourth-order valence-corrected chi connectivity index (χ4v) is 8.71. The Hall–Kier alpha value is -7.42. The van der Waals surface area contributed by atoms with E-state index in [0.717, 1.165) is 22.7 Å². The Morgan fingerprint density at radius 1 is 0.304 bits per heavy atom. The van der Waals surface area contributed by atoms with Crippen molar-refractivity contribution in [1.82, 2.24) is 4.57 Å². The molecule has 2 nitrogen and oxygen atoms in total. The number of rotatable bonds is 6. The quantitative estimate of drug-likeness (QED) is 0.156. The van der Waals surface area contributed by atoms with Gasteiger partial charge in [-0.15, -0.1) is 0 Å². The molecule has 0 spiro atoms. The number of aromatic nitrogens is 1. The number of para-hydroxylation sites is 2. The fraction of sp³-hybridized carbons (Fsp3) is 0. The van der Waals surface area contributed by atoms with Gasteiger partial charge >= 0.3 is 0 Å². The van der Waals surface area contributed by atoms with Crippen LogP contribution in [0.2, 0.25) is 0 Å². The molecule has 0 fully saturated rings. The van der Waals surface area contributed by atoms with Crippen molar-refractivity contribution < 1.29 is 0 Å². The molecule has 11 aromatic rings. The van der Waals surface area contributed by atoms with Crippen LogP contribution in [0.5, 0.6) is 0 Å². The fourth-order valence-electron chi connectivity index (χ4n) is 8.71. The van der Waals surface area contributed by atoms with Crippen LogP contribution in [0.25, 0.3) is 82.1 Å². The molecule has 0 aliphatic rings. The second-order valence-electron chi connectivity index (χ2n) is 14.6. The minimum Gasteiger partial charge on any atom is -0.310 e. The van der Waals surface area contributed by atoms with Crippen molar-refractivity contribution in [3.05, 3.63) is 218 Å². The molecule has 0 radical (unpaired) electrons. The van der Waals surface area contributed by atoms with E-state index in [2.05, 4.69) is 228 Å². The third kappa shape index (κ3) is 5.34. The molecule has 11 rings (SSSR count). The zero-order chi connectivity index (χ0) is 37.0. The summed E-state index contributed by atoms with van der Waals surface area (Å²) < 4.78 is 2.39. The Kier molecular flexibility index (Phi) is 7.53. The van der Waals surface area contributed by atoms with Gasteiger partial charge in [0.2, 0.25) is 0 Å². The number of nitrogens with zero attached hydrogens (tertiary/aromatic N) is 2. The first-order valence-corrected chi connectivity index (χ1v) is 19.3. The van der Waals surface area contributed by atoms with Crippen LogP contribution in [0.3, 0.4) is 0 Å². The van der Waals surface area contributed by atoms with Crippen molar-refractivity contribution in [2.24, 2.45) is 0 Å². The van der Waals surface area contributed by atoms with E-state index >= 15 is 0 Å². The van der Waals surface area contributed by atoms with Crippen LogP contribution < -0.4 is 4.90 Å². The van der Waals surface area contributed by atoms with Crippen LogP contribution in [0.4, 0.5) is 17.1 Å². The molecular weight excluding hydrogens is 677 g/mol. The topological polar surface area (TPSA) is 8.17 Å². The molecule has 0 saturated heterocycles. The molecular formula is C54H36N2. The summed E-state index contributed by atoms with van der Waals surface area (Å²) in [7, 11) is 0. The first-order valence-electron chi connectivity index (χ1n) is 19.3. The standard InChI is InChI=1S/C54H36N2/c1-2-19-44(20-3-1)56-52-25-9-8-23-51(52)54-50(24-12-26-53(54)56)42-18-10-16-39(33-42)41-17-11-21-45(35-41)55(46-30-29-37-13-4-5-15-40(37)34-46)47-31-32-49-43(36-47)28-27-38-14-6-7-22-48(38)49/h1-36H. The molecule has 1 aromatic heterocycles. The summed E-state index contributed by atoms with van der Waals surface area (Å²) in [6.45, 7) is 0. The third-order valence-corrected chi connectivity index (χ3v) is 11.3. The molecule has 0 bridgehead atoms. The van der Waals surface area contributed by atoms with Gasteiger partial charge in [0.15, 0.2) is 0 Å². The normalized spacial score (nSPS) is 11.6. The predicted molar refractivity (Wildman–Crippen MR) is 239 cm³/mol. The maximum absolute atomic E-state index is 2.40. The molecule has 0 N–H and O–H groups in total. The van der Waals surface area contributed by atoms with E-state index in [1.807, 2.05) is 0 Å². The van der Waals surface area contributed by atoms with Gasteiger partial charge in [-0.25, -0.2) is 0 Å². The van der Waals surface area contributed by atoms with E-state index in [4.69, 9.17) is 0 Å². The largest absolute Gasteiger partial charge is 0.310 e. The Balaban J connectivity index is 1.05. The van der Waals surface area contributed by atoms with Crippen molar-refractivity contribution in [3.8, 4) is 27.9 Å². The average molecular weight is 713 g/mol. The van der Waals surface area contributed by atoms with Gasteiger partial charge in [0.1, 0.15) is 0 Å². The van der Waals surface area contributed by atoms with Crippen LogP contribution in [-0.2, 0) is 0 Å². The van der Waals surface area contributed by atoms with E-state index in [9.17, 15) is 0 Å². The highest BCUT2D eigenvalue weighted by molar-refractivity contribution is 6.16. The van der Waals surface area contributed by atoms with Crippen LogP contribution >= 0.6 is 0 Å². The molecule has 56 heavy (non-hydrogen) atoms. The molecule has 2 heteroatoms. The first-order chi connectivity index (χ1) is 27.8. The SMILES string of the molecule is c1ccc(-n2c3ccccc3c3c(-c4cccc(-c5cccc(N(c6ccc7ccccc7c6)c6ccc7c(ccc8ccccc87)c6)c5)c4)cccc32)cc1. The second kappa shape index (κ2) is 13.2. The molecule has 0 unspecified atom stereocenters. The summed E-state index contributed by atoms with van der Waals surface area (Å²) in [6, 6.07) is 79.5. The highest BCUT2D eigenvalue weighted by Gasteiger charge is 2.18. The van der Waals surface area contributed by atoms with E-state index in [0.29, 0.717) is 0 Å². The predicted octanol–water partition coefficient (Wildman–Crippen LogP) is 15.0. The minimum atomic E-state index is 1.11. The number of fused-ring (bicyclic) bond motifs is 7. The number of hydrogen-bond donors (Lipinski definition) is 0. The maximum atomic E-state index is 2.40. The zero-order valence-electron chi connectivity index (χ0n) is 30.7. The lowest BCUT2D eigenvalue weighted by Crippen LogP contribution is -2.10. The summed E-state index contributed by atoms with van der Waals surface area (Å²) >= 11 is 0. The van der Waals surface area contributed by atoms with Crippen molar-refractivity contribution in [2.45, 2.75) is 0 Å². The minimum absolute atomic E-state index is 1.11. The Morgan fingerprint density at radius 3 is 1.75 bits per heavy atom. The molecule has 1 heterocycles. The lowest BCUT2D eigenvalue weighted by Gasteiger charge is -2.27. The van der Waals surface area contributed by atoms with E-state index in [1.165, 1.54) is 76.4 Å². The van der Waals surface area contributed by atoms with Crippen molar-refractivity contribution in [1.29, 1.82) is 0 Å². The lowest BCUT2D eigenvalue weighted by molar-refractivity contribution is 1.18. The van der Waals surface area contributed by atoms with E-state index < -0.39 is 0 Å². The highest BCUT2D eigenvalue weighted by Crippen LogP contribution is 2.42. The average Bonchev–Trinajstić information content (AvgIpc) is 3.61. The number of benzene rings is 10. The van der Waals surface area contributed by atoms with Gasteiger partial charge in [0.25, 0.3) is 0 Å². The summed E-state index contributed by atoms with van der Waals surface area (Å²) in [4.78, 5) is 2.40. The van der Waals surface area contributed by atoms with Crippen molar-refractivity contribution in [2.75, 3.05) is 4.90 Å². The van der Waals surface area contributed by atoms with Crippen molar-refractivity contribution in [3.63, 3.8) is 0 Å². The van der Waals surface area contributed by atoms with Crippen molar-refractivity contribution >= 4 is 71.2 Å². The summed E-state index contributed by atoms with van der Waals surface area (Å²) in [5, 5.41) is 9.98. The monoisotopic (exact) mass is 712 g/mol. The van der Waals surface area contributed by atoms with E-state index in [1.54, 1.807) is 0 Å². The Morgan fingerprint density at radius 2 is 0.875 bits per heavy atom. The molecule has 0 atom stereocenters. The molecule has 262 valence electrons. The summed E-state index contributed by atoms with van der Waals surface area (Å²) in [5.74, 6) is 0. The van der Waals surface area contributed by atoms with Crippen LogP contribution in [0, 0.1) is 0 Å². The van der Waals surface area contributed by atoms with Gasteiger partial charge < -0.3 is 9.47 Å². The van der Waals surface area contributed by atoms with Crippen LogP contribution in [0.15, 0.2) is 218 Å². The maximum Gasteiger partial charge on any atom is 0.0547 e. The molecule has 10 aromatic carbocycles. The Labute approximate surface area is 325 Å². The lowest BCUT2D eigenvalue weighted by atomic mass is 9.95. The highest BCUT2D eigenvalue weighted by atomic mass is 15.1. The summed E-state index contributed by atoms with van der Waals surface area (Å²) in [5.41, 5.74) is 11.7. The number of hydrogen-bond acceptors (Lipinski definition) is 1. The van der Waals surface area contributed by atoms with Gasteiger partial charge in [-0.1, -0.05) is 152 Å². The second-order valence-corrected chi connectivity index (χ2v) is 14.6.